The van der Waals surface area contributed by atoms with E-state index in [0.717, 1.165) is 10.9 Å². The van der Waals surface area contributed by atoms with Gasteiger partial charge in [-0.1, -0.05) is 18.2 Å². The molecule has 0 aliphatic rings. The number of esters is 1. The lowest BCUT2D eigenvalue weighted by Crippen LogP contribution is -2.13. The average molecular weight is 217 g/mol. The molecule has 1 atom stereocenters. The Morgan fingerprint density at radius 3 is 2.88 bits per heavy atom. The van der Waals surface area contributed by atoms with Crippen LogP contribution in [0.5, 0.6) is 0 Å². The standard InChI is InChI=1S/C12H11NO3/c1-16-12(15)11(14)9-6-7-13-10-5-3-2-4-8(9)10/h2-7,11,14H,1H3. The van der Waals surface area contributed by atoms with Gasteiger partial charge in [-0.25, -0.2) is 4.79 Å². The molecular weight excluding hydrogens is 206 g/mol. The van der Waals surface area contributed by atoms with Crippen molar-refractivity contribution in [3.63, 3.8) is 0 Å². The predicted octanol–water partition coefficient (Wildman–Crippen LogP) is 1.44. The van der Waals surface area contributed by atoms with Crippen LogP contribution in [0.15, 0.2) is 36.5 Å². The Morgan fingerprint density at radius 1 is 1.38 bits per heavy atom. The van der Waals surface area contributed by atoms with Crippen molar-refractivity contribution in [2.24, 2.45) is 0 Å². The number of methoxy groups -OCH3 is 1. The Morgan fingerprint density at radius 2 is 2.12 bits per heavy atom. The van der Waals surface area contributed by atoms with Crippen molar-refractivity contribution in [1.29, 1.82) is 0 Å². The molecule has 16 heavy (non-hydrogen) atoms. The van der Waals surface area contributed by atoms with Crippen LogP contribution in [0.3, 0.4) is 0 Å². The first-order chi connectivity index (χ1) is 7.74. The number of pyridine rings is 1. The van der Waals surface area contributed by atoms with Crippen LogP contribution in [0.25, 0.3) is 10.9 Å². The van der Waals surface area contributed by atoms with Gasteiger partial charge in [0.05, 0.1) is 12.6 Å². The number of nitrogens with zero attached hydrogens (tertiary/aromatic N) is 1. The fourth-order valence-corrected chi connectivity index (χ4v) is 1.60. The van der Waals surface area contributed by atoms with Crippen LogP contribution in [0.4, 0.5) is 0 Å². The van der Waals surface area contributed by atoms with Gasteiger partial charge in [0.1, 0.15) is 0 Å². The van der Waals surface area contributed by atoms with Crippen molar-refractivity contribution >= 4 is 16.9 Å². The molecule has 0 radical (unpaired) electrons. The van der Waals surface area contributed by atoms with E-state index in [1.165, 1.54) is 7.11 Å². The molecular formula is C12H11NO3. The number of aromatic nitrogens is 1. The van der Waals surface area contributed by atoms with Crippen molar-refractivity contribution in [2.75, 3.05) is 7.11 Å². The van der Waals surface area contributed by atoms with Gasteiger partial charge in [-0.2, -0.15) is 0 Å². The molecule has 4 nitrogen and oxygen atoms in total. The van der Waals surface area contributed by atoms with Gasteiger partial charge in [0, 0.05) is 17.1 Å². The van der Waals surface area contributed by atoms with Gasteiger partial charge in [-0.05, 0) is 12.1 Å². The SMILES string of the molecule is COC(=O)C(O)c1ccnc2ccccc12. The Hall–Kier alpha value is -1.94. The van der Waals surface area contributed by atoms with Gasteiger partial charge in [0.15, 0.2) is 6.10 Å². The normalized spacial score (nSPS) is 12.4. The Labute approximate surface area is 92.5 Å². The maximum Gasteiger partial charge on any atom is 0.339 e. The van der Waals surface area contributed by atoms with Crippen LogP contribution in [0.1, 0.15) is 11.7 Å². The molecule has 82 valence electrons. The van der Waals surface area contributed by atoms with Crippen molar-refractivity contribution < 1.29 is 14.6 Å². The summed E-state index contributed by atoms with van der Waals surface area (Å²) in [5.74, 6) is -0.670. The van der Waals surface area contributed by atoms with Crippen LogP contribution < -0.4 is 0 Å². The highest BCUT2D eigenvalue weighted by molar-refractivity contribution is 5.87. The molecule has 0 aliphatic heterocycles. The summed E-state index contributed by atoms with van der Waals surface area (Å²) in [6.45, 7) is 0. The maximum atomic E-state index is 11.3. The Bertz CT molecular complexity index is 519. The third-order valence-electron chi connectivity index (χ3n) is 2.40. The summed E-state index contributed by atoms with van der Waals surface area (Å²) in [5, 5.41) is 10.5. The Kier molecular flexibility index (Phi) is 2.83. The molecule has 0 aliphatic carbocycles. The molecule has 1 unspecified atom stereocenters. The molecule has 1 N–H and O–H groups in total. The second kappa shape index (κ2) is 4.28. The van der Waals surface area contributed by atoms with Crippen molar-refractivity contribution in [3.8, 4) is 0 Å². The summed E-state index contributed by atoms with van der Waals surface area (Å²) in [6, 6.07) is 8.93. The quantitative estimate of drug-likeness (QED) is 0.773. The largest absolute Gasteiger partial charge is 0.467 e. The van der Waals surface area contributed by atoms with Gasteiger partial charge >= 0.3 is 5.97 Å². The fourth-order valence-electron chi connectivity index (χ4n) is 1.60. The number of rotatable bonds is 2. The lowest BCUT2D eigenvalue weighted by atomic mass is 10.0. The zero-order chi connectivity index (χ0) is 11.5. The number of aliphatic hydroxyl groups excluding tert-OH is 1. The molecule has 1 aromatic heterocycles. The molecule has 1 heterocycles. The van der Waals surface area contributed by atoms with E-state index >= 15 is 0 Å². The molecule has 0 amide bonds. The van der Waals surface area contributed by atoms with Crippen LogP contribution in [0.2, 0.25) is 0 Å². The van der Waals surface area contributed by atoms with E-state index < -0.39 is 12.1 Å². The van der Waals surface area contributed by atoms with E-state index in [0.29, 0.717) is 5.56 Å². The summed E-state index contributed by atoms with van der Waals surface area (Å²) in [6.07, 6.45) is 0.294. The molecule has 0 bridgehead atoms. The third kappa shape index (κ3) is 1.75. The number of benzene rings is 1. The second-order valence-electron chi connectivity index (χ2n) is 3.34. The van der Waals surface area contributed by atoms with Crippen LogP contribution >= 0.6 is 0 Å². The zero-order valence-electron chi connectivity index (χ0n) is 8.75. The number of carbonyl (C=O) groups is 1. The van der Waals surface area contributed by atoms with E-state index in [1.807, 2.05) is 24.3 Å². The smallest absolute Gasteiger partial charge is 0.339 e. The summed E-state index contributed by atoms with van der Waals surface area (Å²) in [5.41, 5.74) is 1.25. The third-order valence-corrected chi connectivity index (χ3v) is 2.40. The lowest BCUT2D eigenvalue weighted by Gasteiger charge is -2.10. The second-order valence-corrected chi connectivity index (χ2v) is 3.34. The number of carbonyl (C=O) groups excluding carboxylic acids is 1. The monoisotopic (exact) mass is 217 g/mol. The summed E-state index contributed by atoms with van der Waals surface area (Å²) < 4.78 is 4.51. The van der Waals surface area contributed by atoms with Gasteiger partial charge in [-0.3, -0.25) is 4.98 Å². The first kappa shape index (κ1) is 10.6. The minimum atomic E-state index is -1.27. The molecule has 0 saturated heterocycles. The molecule has 2 rings (SSSR count). The minimum absolute atomic E-state index is 0.512. The number of aliphatic hydroxyl groups is 1. The molecule has 2 aromatic rings. The highest BCUT2D eigenvalue weighted by Crippen LogP contribution is 2.23. The summed E-state index contributed by atoms with van der Waals surface area (Å²) in [7, 11) is 1.24. The van der Waals surface area contributed by atoms with Crippen molar-refractivity contribution in [2.45, 2.75) is 6.10 Å². The Balaban J connectivity index is 2.56. The molecule has 0 saturated carbocycles. The van der Waals surface area contributed by atoms with Crippen LogP contribution in [0, 0.1) is 0 Å². The topological polar surface area (TPSA) is 59.4 Å². The average Bonchev–Trinajstić information content (AvgIpc) is 2.36. The van der Waals surface area contributed by atoms with Crippen LogP contribution in [-0.2, 0) is 9.53 Å². The van der Waals surface area contributed by atoms with Crippen molar-refractivity contribution in [1.82, 2.24) is 4.98 Å². The van der Waals surface area contributed by atoms with E-state index in [1.54, 1.807) is 12.3 Å². The zero-order valence-corrected chi connectivity index (χ0v) is 8.75. The van der Waals surface area contributed by atoms with Crippen LogP contribution in [-0.4, -0.2) is 23.2 Å². The number of fused-ring (bicyclic) bond motifs is 1. The molecule has 4 heteroatoms. The van der Waals surface area contributed by atoms with E-state index in [4.69, 9.17) is 0 Å². The van der Waals surface area contributed by atoms with E-state index in [-0.39, 0.29) is 0 Å². The fraction of sp³-hybridized carbons (Fsp3) is 0.167. The maximum absolute atomic E-state index is 11.3. The number of hydrogen-bond donors (Lipinski definition) is 1. The molecule has 0 spiro atoms. The van der Waals surface area contributed by atoms with Gasteiger partial charge in [0.25, 0.3) is 0 Å². The van der Waals surface area contributed by atoms with Crippen molar-refractivity contribution in [3.05, 3.63) is 42.1 Å². The molecule has 0 fully saturated rings. The summed E-state index contributed by atoms with van der Waals surface area (Å²) in [4.78, 5) is 15.4. The molecule has 1 aromatic carbocycles. The predicted molar refractivity (Wildman–Crippen MR) is 58.7 cm³/mol. The highest BCUT2D eigenvalue weighted by atomic mass is 16.5. The van der Waals surface area contributed by atoms with Gasteiger partial charge < -0.3 is 9.84 Å². The highest BCUT2D eigenvalue weighted by Gasteiger charge is 2.19. The van der Waals surface area contributed by atoms with E-state index in [9.17, 15) is 9.90 Å². The lowest BCUT2D eigenvalue weighted by molar-refractivity contribution is -0.150. The first-order valence-corrected chi connectivity index (χ1v) is 4.83. The number of hydrogen-bond acceptors (Lipinski definition) is 4. The number of para-hydroxylation sites is 1. The first-order valence-electron chi connectivity index (χ1n) is 4.83. The minimum Gasteiger partial charge on any atom is -0.467 e. The van der Waals surface area contributed by atoms with Gasteiger partial charge in [0.2, 0.25) is 0 Å². The van der Waals surface area contributed by atoms with E-state index in [2.05, 4.69) is 9.72 Å². The number of ether oxygens (including phenoxy) is 1. The summed E-state index contributed by atoms with van der Waals surface area (Å²) >= 11 is 0. The van der Waals surface area contributed by atoms with Gasteiger partial charge in [-0.15, -0.1) is 0 Å².